The molecular weight excluding hydrogens is 367 g/mol. The summed E-state index contributed by atoms with van der Waals surface area (Å²) in [5, 5.41) is 0. The Balaban J connectivity index is 1.18. The number of piperidine rings is 2. The number of ether oxygens (including phenoxy) is 1. The molecule has 0 unspecified atom stereocenters. The lowest BCUT2D eigenvalue weighted by Crippen LogP contribution is -2.43. The molecule has 0 radical (unpaired) electrons. The summed E-state index contributed by atoms with van der Waals surface area (Å²) < 4.78 is 19.4. The Hall–Kier alpha value is -2.24. The molecule has 154 valence electrons. The van der Waals surface area contributed by atoms with Crippen molar-refractivity contribution in [2.45, 2.75) is 44.4 Å². The molecule has 2 heterocycles. The van der Waals surface area contributed by atoms with Crippen LogP contribution >= 0.6 is 0 Å². The quantitative estimate of drug-likeness (QED) is 0.762. The molecule has 2 fully saturated rings. The van der Waals surface area contributed by atoms with Gasteiger partial charge in [-0.2, -0.15) is 0 Å². The summed E-state index contributed by atoms with van der Waals surface area (Å²) in [6, 6.07) is 16.4. The highest BCUT2D eigenvalue weighted by molar-refractivity contribution is 5.94. The van der Waals surface area contributed by atoms with Crippen molar-refractivity contribution in [3.63, 3.8) is 0 Å². The normalized spacial score (nSPS) is 19.4. The summed E-state index contributed by atoms with van der Waals surface area (Å²) in [4.78, 5) is 16.9. The summed E-state index contributed by atoms with van der Waals surface area (Å²) >= 11 is 0. The zero-order valence-electron chi connectivity index (χ0n) is 16.8. The number of carbonyl (C=O) groups is 1. The molecule has 2 saturated heterocycles. The lowest BCUT2D eigenvalue weighted by atomic mass is 10.0. The highest BCUT2D eigenvalue weighted by Gasteiger charge is 2.27. The third-order valence-corrected chi connectivity index (χ3v) is 5.99. The van der Waals surface area contributed by atoms with Crippen molar-refractivity contribution < 1.29 is 13.9 Å². The topological polar surface area (TPSA) is 32.8 Å². The lowest BCUT2D eigenvalue weighted by Gasteiger charge is -2.37. The molecule has 0 spiro atoms. The third kappa shape index (κ3) is 5.43. The smallest absolute Gasteiger partial charge is 0.253 e. The number of benzene rings is 2. The monoisotopic (exact) mass is 396 g/mol. The molecular formula is C24H29FN2O2. The second-order valence-corrected chi connectivity index (χ2v) is 8.10. The van der Waals surface area contributed by atoms with E-state index in [9.17, 15) is 9.18 Å². The maximum Gasteiger partial charge on any atom is 0.253 e. The predicted octanol–water partition coefficient (Wildman–Crippen LogP) is 4.11. The number of halogens is 1. The molecule has 2 aromatic carbocycles. The summed E-state index contributed by atoms with van der Waals surface area (Å²) in [6.45, 7) is 4.56. The molecule has 0 aromatic heterocycles. The molecule has 0 saturated carbocycles. The Morgan fingerprint density at radius 3 is 2.07 bits per heavy atom. The molecule has 0 N–H and O–H groups in total. The molecule has 4 nitrogen and oxygen atoms in total. The van der Waals surface area contributed by atoms with Crippen LogP contribution in [-0.4, -0.2) is 54.1 Å². The van der Waals surface area contributed by atoms with Crippen LogP contribution in [0, 0.1) is 5.82 Å². The van der Waals surface area contributed by atoms with E-state index in [0.717, 1.165) is 45.3 Å². The van der Waals surface area contributed by atoms with Crippen molar-refractivity contribution in [3.05, 3.63) is 71.5 Å². The van der Waals surface area contributed by atoms with Gasteiger partial charge in [0.25, 0.3) is 5.91 Å². The third-order valence-electron chi connectivity index (χ3n) is 5.99. The number of hydrogen-bond donors (Lipinski definition) is 0. The van der Waals surface area contributed by atoms with Gasteiger partial charge in [0, 0.05) is 38.3 Å². The van der Waals surface area contributed by atoms with Crippen molar-refractivity contribution in [1.29, 1.82) is 0 Å². The Kier molecular flexibility index (Phi) is 6.57. The molecule has 1 amide bonds. The van der Waals surface area contributed by atoms with E-state index >= 15 is 0 Å². The number of carbonyl (C=O) groups excluding carboxylic acids is 1. The van der Waals surface area contributed by atoms with Crippen molar-refractivity contribution in [2.24, 2.45) is 0 Å². The standard InChI is InChI=1S/C24H29FN2O2/c25-21-8-6-20(7-9-21)24(28)27-16-12-23(13-17-27)29-22-10-14-26(15-11-22)18-19-4-2-1-3-5-19/h1-9,22-23H,10-18H2. The van der Waals surface area contributed by atoms with Crippen LogP contribution in [-0.2, 0) is 11.3 Å². The molecule has 2 aromatic rings. The molecule has 5 heteroatoms. The molecule has 0 bridgehead atoms. The van der Waals surface area contributed by atoms with Gasteiger partial charge in [-0.15, -0.1) is 0 Å². The van der Waals surface area contributed by atoms with Gasteiger partial charge < -0.3 is 9.64 Å². The van der Waals surface area contributed by atoms with Crippen LogP contribution in [0.1, 0.15) is 41.6 Å². The number of amides is 1. The van der Waals surface area contributed by atoms with Gasteiger partial charge in [0.15, 0.2) is 0 Å². The van der Waals surface area contributed by atoms with Crippen LogP contribution in [0.25, 0.3) is 0 Å². The van der Waals surface area contributed by atoms with E-state index in [1.165, 1.54) is 17.7 Å². The second-order valence-electron chi connectivity index (χ2n) is 8.10. The van der Waals surface area contributed by atoms with Crippen LogP contribution in [0.15, 0.2) is 54.6 Å². The fourth-order valence-electron chi connectivity index (χ4n) is 4.29. The van der Waals surface area contributed by atoms with Gasteiger partial charge in [-0.3, -0.25) is 9.69 Å². The zero-order chi connectivity index (χ0) is 20.1. The van der Waals surface area contributed by atoms with Gasteiger partial charge in [0.05, 0.1) is 12.2 Å². The van der Waals surface area contributed by atoms with E-state index in [1.54, 1.807) is 12.1 Å². The van der Waals surface area contributed by atoms with Gasteiger partial charge in [-0.1, -0.05) is 30.3 Å². The molecule has 0 aliphatic carbocycles. The highest BCUT2D eigenvalue weighted by atomic mass is 19.1. The van der Waals surface area contributed by atoms with Gasteiger partial charge in [-0.25, -0.2) is 4.39 Å². The number of hydrogen-bond acceptors (Lipinski definition) is 3. The van der Waals surface area contributed by atoms with E-state index in [4.69, 9.17) is 4.74 Å². The van der Waals surface area contributed by atoms with Crippen LogP contribution in [0.3, 0.4) is 0 Å². The fraction of sp³-hybridized carbons (Fsp3) is 0.458. The SMILES string of the molecule is O=C(c1ccc(F)cc1)N1CCC(OC2CCN(Cc3ccccc3)CC2)CC1. The Morgan fingerprint density at radius 1 is 0.862 bits per heavy atom. The Labute approximate surface area is 172 Å². The minimum atomic E-state index is -0.316. The molecule has 2 aliphatic rings. The first-order chi connectivity index (χ1) is 14.2. The van der Waals surface area contributed by atoms with Crippen molar-refractivity contribution >= 4 is 5.91 Å². The molecule has 2 aliphatic heterocycles. The van der Waals surface area contributed by atoms with E-state index in [0.29, 0.717) is 24.8 Å². The van der Waals surface area contributed by atoms with Crippen LogP contribution in [0.4, 0.5) is 4.39 Å². The van der Waals surface area contributed by atoms with E-state index in [2.05, 4.69) is 35.2 Å². The fourth-order valence-corrected chi connectivity index (χ4v) is 4.29. The predicted molar refractivity (Wildman–Crippen MR) is 111 cm³/mol. The van der Waals surface area contributed by atoms with Gasteiger partial charge in [0.2, 0.25) is 0 Å². The highest BCUT2D eigenvalue weighted by Crippen LogP contribution is 2.23. The van der Waals surface area contributed by atoms with E-state index < -0.39 is 0 Å². The number of rotatable bonds is 5. The second kappa shape index (κ2) is 9.51. The van der Waals surface area contributed by atoms with Gasteiger partial charge in [-0.05, 0) is 55.5 Å². The average Bonchev–Trinajstić information content (AvgIpc) is 2.76. The van der Waals surface area contributed by atoms with Gasteiger partial charge in [0.1, 0.15) is 5.82 Å². The van der Waals surface area contributed by atoms with Crippen LogP contribution < -0.4 is 0 Å². The lowest BCUT2D eigenvalue weighted by molar-refractivity contribution is -0.0629. The Bertz CT molecular complexity index is 780. The maximum atomic E-state index is 13.1. The summed E-state index contributed by atoms with van der Waals surface area (Å²) in [5.74, 6) is -0.332. The Morgan fingerprint density at radius 2 is 1.45 bits per heavy atom. The number of nitrogens with zero attached hydrogens (tertiary/aromatic N) is 2. The number of likely N-dealkylation sites (tertiary alicyclic amines) is 2. The molecule has 0 atom stereocenters. The van der Waals surface area contributed by atoms with Crippen LogP contribution in [0.2, 0.25) is 0 Å². The van der Waals surface area contributed by atoms with Crippen LogP contribution in [0.5, 0.6) is 0 Å². The maximum absolute atomic E-state index is 13.1. The van der Waals surface area contributed by atoms with Crippen molar-refractivity contribution in [3.8, 4) is 0 Å². The molecule has 29 heavy (non-hydrogen) atoms. The minimum absolute atomic E-state index is 0.0160. The largest absolute Gasteiger partial charge is 0.375 e. The minimum Gasteiger partial charge on any atom is -0.375 e. The van der Waals surface area contributed by atoms with Crippen molar-refractivity contribution in [1.82, 2.24) is 9.80 Å². The summed E-state index contributed by atoms with van der Waals surface area (Å²) in [5.41, 5.74) is 1.92. The van der Waals surface area contributed by atoms with Crippen molar-refractivity contribution in [2.75, 3.05) is 26.2 Å². The zero-order valence-corrected chi connectivity index (χ0v) is 16.8. The first-order valence-electron chi connectivity index (χ1n) is 10.6. The average molecular weight is 397 g/mol. The van der Waals surface area contributed by atoms with Gasteiger partial charge >= 0.3 is 0 Å². The van der Waals surface area contributed by atoms with E-state index in [1.807, 2.05) is 4.90 Å². The first kappa shape index (κ1) is 20.0. The van der Waals surface area contributed by atoms with E-state index in [-0.39, 0.29) is 17.8 Å². The summed E-state index contributed by atoms with van der Waals surface area (Å²) in [7, 11) is 0. The molecule has 4 rings (SSSR count). The summed E-state index contributed by atoms with van der Waals surface area (Å²) in [6.07, 6.45) is 4.45. The first-order valence-corrected chi connectivity index (χ1v) is 10.6.